The Balaban J connectivity index is 0.00000324. The smallest absolute Gasteiger partial charge is 0.125 e. The molecule has 0 aliphatic rings. The van der Waals surface area contributed by atoms with Crippen LogP contribution in [-0.2, 0) is 42.9 Å². The fourth-order valence-corrected chi connectivity index (χ4v) is 2.11. The van der Waals surface area contributed by atoms with Crippen molar-refractivity contribution in [3.8, 4) is 5.75 Å². The molecule has 1 N–H and O–H groups in total. The minimum atomic E-state index is -0.139. The zero-order chi connectivity index (χ0) is 14.3. The van der Waals surface area contributed by atoms with Crippen LogP contribution in [0.5, 0.6) is 5.75 Å². The van der Waals surface area contributed by atoms with Crippen molar-refractivity contribution in [3.05, 3.63) is 28.8 Å². The molecule has 0 spiro atoms. The van der Waals surface area contributed by atoms with Crippen molar-refractivity contribution in [1.82, 2.24) is 0 Å². The number of hydrogen-bond acceptors (Lipinski definition) is 3. The van der Waals surface area contributed by atoms with Gasteiger partial charge in [-0.15, -0.1) is 4.20 Å². The number of aromatic hydroxyl groups is 1. The van der Waals surface area contributed by atoms with Crippen molar-refractivity contribution < 1.29 is 24.6 Å². The second-order valence-electron chi connectivity index (χ2n) is 6.71. The molecule has 1 aromatic rings. The first-order chi connectivity index (χ1) is 7.94. The molecule has 0 saturated heterocycles. The van der Waals surface area contributed by atoms with Gasteiger partial charge in [0.15, 0.2) is 0 Å². The van der Waals surface area contributed by atoms with Gasteiger partial charge in [-0.05, 0) is 22.5 Å². The molecule has 4 heteroatoms. The molecule has 0 radical (unpaired) electrons. The normalized spacial score (nSPS) is 11.9. The van der Waals surface area contributed by atoms with Gasteiger partial charge >= 0.3 is 0 Å². The molecule has 0 atom stereocenters. The molecule has 1 rings (SSSR count). The van der Waals surface area contributed by atoms with Crippen LogP contribution in [0.15, 0.2) is 12.1 Å². The van der Waals surface area contributed by atoms with Crippen LogP contribution in [0.1, 0.15) is 58.2 Å². The molecule has 1 nitrogen and oxygen atoms in total. The third-order valence-corrected chi connectivity index (χ3v) is 3.44. The van der Waals surface area contributed by atoms with Crippen LogP contribution in [0.2, 0.25) is 0 Å². The molecule has 0 aromatic heterocycles. The van der Waals surface area contributed by atoms with Crippen molar-refractivity contribution in [2.75, 3.05) is 0 Å². The van der Waals surface area contributed by atoms with Gasteiger partial charge in [0.05, 0.1) is 0 Å². The summed E-state index contributed by atoms with van der Waals surface area (Å²) in [5.41, 5.74) is 2.52. The molecular weight excluding hydrogens is 326 g/mol. The second kappa shape index (κ2) is 6.16. The Morgan fingerprint density at radius 3 is 1.84 bits per heavy atom. The number of benzene rings is 1. The predicted molar refractivity (Wildman–Crippen MR) is 84.6 cm³/mol. The SMILES string of the molecule is CC(C)(C)c1cc(C(=S)[S-])c(O)c(C(C)(C)C)c1.[Zn]. The minimum Gasteiger partial charge on any atom is -0.507 e. The molecule has 0 heterocycles. The molecule has 102 valence electrons. The maximum absolute atomic E-state index is 10.3. The van der Waals surface area contributed by atoms with Crippen molar-refractivity contribution in [1.29, 1.82) is 0 Å². The molecule has 0 bridgehead atoms. The number of rotatable bonds is 1. The fraction of sp³-hybridized carbons (Fsp3) is 0.533. The minimum absolute atomic E-state index is 0. The van der Waals surface area contributed by atoms with Gasteiger partial charge in [0.2, 0.25) is 0 Å². The number of hydrogen-bond donors (Lipinski definition) is 1. The number of phenols is 1. The van der Waals surface area contributed by atoms with Crippen LogP contribution in [-0.4, -0.2) is 9.30 Å². The first-order valence-corrected chi connectivity index (χ1v) is 6.85. The molecule has 1 aromatic carbocycles. The molecule has 0 fully saturated rings. The zero-order valence-corrected chi connectivity index (χ0v) is 17.2. The molecule has 0 aliphatic heterocycles. The average molecular weight is 347 g/mol. The first-order valence-electron chi connectivity index (χ1n) is 6.04. The Hall–Kier alpha value is -0.0466. The maximum Gasteiger partial charge on any atom is 0.125 e. The monoisotopic (exact) mass is 345 g/mol. The van der Waals surface area contributed by atoms with E-state index in [0.29, 0.717) is 9.76 Å². The quantitative estimate of drug-likeness (QED) is 0.467. The van der Waals surface area contributed by atoms with E-state index in [0.717, 1.165) is 11.1 Å². The van der Waals surface area contributed by atoms with Gasteiger partial charge in [-0.25, -0.2) is 0 Å². The van der Waals surface area contributed by atoms with Crippen LogP contribution >= 0.6 is 12.2 Å². The van der Waals surface area contributed by atoms with Gasteiger partial charge < -0.3 is 30.0 Å². The summed E-state index contributed by atoms with van der Waals surface area (Å²) in [5, 5.41) is 10.3. The summed E-state index contributed by atoms with van der Waals surface area (Å²) in [6, 6.07) is 3.98. The Labute approximate surface area is 140 Å². The first kappa shape index (κ1) is 19.0. The fourth-order valence-electron chi connectivity index (χ4n) is 1.79. The van der Waals surface area contributed by atoms with Gasteiger partial charge in [-0.1, -0.05) is 47.6 Å². The predicted octanol–water partition coefficient (Wildman–Crippen LogP) is 4.21. The molecule has 19 heavy (non-hydrogen) atoms. The zero-order valence-electron chi connectivity index (χ0n) is 12.6. The van der Waals surface area contributed by atoms with Crippen molar-refractivity contribution >= 4 is 29.0 Å². The van der Waals surface area contributed by atoms with Gasteiger partial charge in [0, 0.05) is 30.6 Å². The summed E-state index contributed by atoms with van der Waals surface area (Å²) < 4.78 is 0.323. The Morgan fingerprint density at radius 1 is 1.05 bits per heavy atom. The topological polar surface area (TPSA) is 20.2 Å². The van der Waals surface area contributed by atoms with Crippen LogP contribution in [0.4, 0.5) is 0 Å². The summed E-state index contributed by atoms with van der Waals surface area (Å²) in [6.45, 7) is 12.6. The summed E-state index contributed by atoms with van der Waals surface area (Å²) in [4.78, 5) is 0. The van der Waals surface area contributed by atoms with E-state index < -0.39 is 0 Å². The second-order valence-corrected chi connectivity index (χ2v) is 7.78. The number of phenolic OH excluding ortho intramolecular Hbond substituents is 1. The maximum atomic E-state index is 10.3. The van der Waals surface area contributed by atoms with E-state index >= 15 is 0 Å². The van der Waals surface area contributed by atoms with Crippen LogP contribution < -0.4 is 0 Å². The summed E-state index contributed by atoms with van der Waals surface area (Å²) in [5.74, 6) is 0.232. The third kappa shape index (κ3) is 4.48. The molecule has 0 unspecified atom stereocenters. The van der Waals surface area contributed by atoms with E-state index in [-0.39, 0.29) is 36.1 Å². The van der Waals surface area contributed by atoms with Crippen molar-refractivity contribution in [2.45, 2.75) is 52.4 Å². The van der Waals surface area contributed by atoms with E-state index in [1.807, 2.05) is 6.07 Å². The average Bonchev–Trinajstić information content (AvgIpc) is 2.13. The van der Waals surface area contributed by atoms with Crippen molar-refractivity contribution in [3.63, 3.8) is 0 Å². The summed E-state index contributed by atoms with van der Waals surface area (Å²) >= 11 is 10.1. The number of thiocarbonyl (C=S) groups is 1. The van der Waals surface area contributed by atoms with Crippen LogP contribution in [0, 0.1) is 0 Å². The van der Waals surface area contributed by atoms with E-state index in [9.17, 15) is 5.11 Å². The third-order valence-electron chi connectivity index (χ3n) is 3.00. The molecular formula is C15H21OS2Zn-. The van der Waals surface area contributed by atoms with E-state index in [1.165, 1.54) is 0 Å². The van der Waals surface area contributed by atoms with Gasteiger partial charge in [-0.3, -0.25) is 0 Å². The van der Waals surface area contributed by atoms with E-state index in [1.54, 1.807) is 0 Å². The molecule has 0 saturated carbocycles. The van der Waals surface area contributed by atoms with Crippen LogP contribution in [0.25, 0.3) is 0 Å². The van der Waals surface area contributed by atoms with Crippen molar-refractivity contribution in [2.24, 2.45) is 0 Å². The summed E-state index contributed by atoms with van der Waals surface area (Å²) in [6.07, 6.45) is 0. The molecule has 0 amide bonds. The Kier molecular flexibility index (Phi) is 6.14. The van der Waals surface area contributed by atoms with Gasteiger partial charge in [0.25, 0.3) is 0 Å². The van der Waals surface area contributed by atoms with Gasteiger partial charge in [0.1, 0.15) is 5.75 Å². The standard InChI is InChI=1S/C15H22OS2.Zn/c1-14(2,3)9-7-10(13(17)18)12(16)11(8-9)15(4,5)6;/h7-8,16H,1-6H3,(H,17,18);/p-1. The van der Waals surface area contributed by atoms with Crippen LogP contribution in [0.3, 0.4) is 0 Å². The van der Waals surface area contributed by atoms with Gasteiger partial charge in [-0.2, -0.15) is 0 Å². The summed E-state index contributed by atoms with van der Waals surface area (Å²) in [7, 11) is 0. The Bertz CT molecular complexity index is 482. The largest absolute Gasteiger partial charge is 0.507 e. The van der Waals surface area contributed by atoms with E-state index in [2.05, 4.69) is 47.6 Å². The Morgan fingerprint density at radius 2 is 1.53 bits per heavy atom. The van der Waals surface area contributed by atoms with E-state index in [4.69, 9.17) is 24.8 Å². The molecule has 0 aliphatic carbocycles.